The van der Waals surface area contributed by atoms with Gasteiger partial charge in [-0.25, -0.2) is 9.40 Å². The number of aromatic nitrogens is 1. The maximum atomic E-state index is 12.6. The Morgan fingerprint density at radius 2 is 1.92 bits per heavy atom. The minimum absolute atomic E-state index is 0.240. The number of para-hydroxylation sites is 1. The molecule has 2 aromatic carbocycles. The highest BCUT2D eigenvalue weighted by atomic mass is 35.5. The molecule has 0 bridgehead atoms. The van der Waals surface area contributed by atoms with E-state index in [0.717, 1.165) is 11.4 Å². The van der Waals surface area contributed by atoms with Gasteiger partial charge in [0.1, 0.15) is 0 Å². The molecule has 0 unspecified atom stereocenters. The quantitative estimate of drug-likeness (QED) is 0.422. The molecule has 1 amide bonds. The van der Waals surface area contributed by atoms with Crippen LogP contribution in [-0.2, 0) is 0 Å². The Hall–Kier alpha value is -2.22. The third-order valence-corrected chi connectivity index (χ3v) is 4.77. The van der Waals surface area contributed by atoms with Crippen LogP contribution in [0, 0.1) is 6.92 Å². The molecule has 128 valence electrons. The third-order valence-electron chi connectivity index (χ3n) is 3.31. The van der Waals surface area contributed by atoms with Gasteiger partial charge in [0.25, 0.3) is 5.91 Å². The topological polar surface area (TPSA) is 57.3 Å². The number of benzene rings is 2. The third kappa shape index (κ3) is 4.45. The number of nitrogens with zero attached hydrogens (tertiary/aromatic N) is 2. The Morgan fingerprint density at radius 1 is 1.20 bits per heavy atom. The van der Waals surface area contributed by atoms with Crippen molar-refractivity contribution in [2.45, 2.75) is 6.92 Å². The maximum Gasteiger partial charge on any atom is 0.259 e. The standard InChI is InChI=1S/C17H15ClN4OS2/c1-11-10-25-17(19-11)20-16(23)14-4-2-3-5-15(14)21-22(24)13-8-6-12(18)7-9-13/h2-10,21,24H,1H3,(H,19,20,23). The van der Waals surface area contributed by atoms with E-state index in [1.54, 1.807) is 30.3 Å². The van der Waals surface area contributed by atoms with Crippen LogP contribution >= 0.6 is 35.8 Å². The zero-order valence-electron chi connectivity index (χ0n) is 13.2. The van der Waals surface area contributed by atoms with E-state index in [4.69, 9.17) is 11.6 Å². The summed E-state index contributed by atoms with van der Waals surface area (Å²) in [6.45, 7) is 1.88. The van der Waals surface area contributed by atoms with Gasteiger partial charge in [0, 0.05) is 10.4 Å². The number of hydrogen-bond donors (Lipinski definition) is 3. The highest BCUT2D eigenvalue weighted by Crippen LogP contribution is 2.24. The first kappa shape index (κ1) is 17.6. The molecule has 0 saturated carbocycles. The molecule has 0 aliphatic heterocycles. The van der Waals surface area contributed by atoms with Gasteiger partial charge < -0.3 is 0 Å². The van der Waals surface area contributed by atoms with Gasteiger partial charge in [-0.1, -0.05) is 23.7 Å². The first-order valence-electron chi connectivity index (χ1n) is 7.36. The van der Waals surface area contributed by atoms with Crippen molar-refractivity contribution >= 4 is 58.2 Å². The molecule has 0 atom stereocenters. The van der Waals surface area contributed by atoms with Gasteiger partial charge in [-0.05, 0) is 56.1 Å². The lowest BCUT2D eigenvalue weighted by Gasteiger charge is -2.21. The van der Waals surface area contributed by atoms with Crippen molar-refractivity contribution in [2.24, 2.45) is 0 Å². The van der Waals surface area contributed by atoms with Crippen LogP contribution in [0.2, 0.25) is 5.02 Å². The van der Waals surface area contributed by atoms with Crippen molar-refractivity contribution in [3.63, 3.8) is 0 Å². The fraction of sp³-hybridized carbons (Fsp3) is 0.0588. The smallest absolute Gasteiger partial charge is 0.259 e. The van der Waals surface area contributed by atoms with Crippen LogP contribution in [-0.4, -0.2) is 10.9 Å². The number of hydrogen-bond acceptors (Lipinski definition) is 6. The van der Waals surface area contributed by atoms with E-state index in [1.165, 1.54) is 15.8 Å². The van der Waals surface area contributed by atoms with E-state index in [-0.39, 0.29) is 5.91 Å². The molecule has 3 rings (SSSR count). The number of thiol groups is 1. The molecule has 0 aliphatic carbocycles. The highest BCUT2D eigenvalue weighted by molar-refractivity contribution is 7.81. The summed E-state index contributed by atoms with van der Waals surface area (Å²) in [7, 11) is 0. The summed E-state index contributed by atoms with van der Waals surface area (Å²) in [6, 6.07) is 14.4. The van der Waals surface area contributed by atoms with Gasteiger partial charge in [-0.15, -0.1) is 11.3 Å². The normalized spacial score (nSPS) is 10.4. The average Bonchev–Trinajstić information content (AvgIpc) is 3.00. The molecule has 0 spiro atoms. The molecule has 0 radical (unpaired) electrons. The summed E-state index contributed by atoms with van der Waals surface area (Å²) in [5, 5.41) is 5.90. The summed E-state index contributed by atoms with van der Waals surface area (Å²) < 4.78 is 1.52. The van der Waals surface area contributed by atoms with E-state index in [1.807, 2.05) is 30.5 Å². The van der Waals surface area contributed by atoms with E-state index < -0.39 is 0 Å². The molecular formula is C17H15ClN4OS2. The van der Waals surface area contributed by atoms with Gasteiger partial charge in [0.05, 0.1) is 22.6 Å². The number of hydrazine groups is 1. The SMILES string of the molecule is Cc1csc(NC(=O)c2ccccc2NN(S)c2ccc(Cl)cc2)n1. The van der Waals surface area contributed by atoms with Crippen LogP contribution in [0.5, 0.6) is 0 Å². The van der Waals surface area contributed by atoms with Crippen molar-refractivity contribution < 1.29 is 4.79 Å². The summed E-state index contributed by atoms with van der Waals surface area (Å²) in [6.07, 6.45) is 0. The van der Waals surface area contributed by atoms with Gasteiger partial charge >= 0.3 is 0 Å². The molecular weight excluding hydrogens is 376 g/mol. The first-order chi connectivity index (χ1) is 12.0. The lowest BCUT2D eigenvalue weighted by atomic mass is 10.1. The Morgan fingerprint density at radius 3 is 2.60 bits per heavy atom. The van der Waals surface area contributed by atoms with Crippen molar-refractivity contribution in [1.82, 2.24) is 4.98 Å². The van der Waals surface area contributed by atoms with Crippen molar-refractivity contribution in [3.8, 4) is 0 Å². The number of amides is 1. The largest absolute Gasteiger partial charge is 0.298 e. The highest BCUT2D eigenvalue weighted by Gasteiger charge is 2.14. The number of carbonyl (C=O) groups excluding carboxylic acids is 1. The van der Waals surface area contributed by atoms with Crippen LogP contribution in [0.1, 0.15) is 16.1 Å². The van der Waals surface area contributed by atoms with E-state index in [9.17, 15) is 4.79 Å². The second-order valence-corrected chi connectivity index (χ2v) is 6.89. The van der Waals surface area contributed by atoms with Crippen molar-refractivity contribution in [1.29, 1.82) is 0 Å². The summed E-state index contributed by atoms with van der Waals surface area (Å²) in [5.41, 5.74) is 5.87. The van der Waals surface area contributed by atoms with Crippen molar-refractivity contribution in [2.75, 3.05) is 15.2 Å². The minimum atomic E-state index is -0.240. The Bertz CT molecular complexity index is 882. The fourth-order valence-electron chi connectivity index (χ4n) is 2.12. The van der Waals surface area contributed by atoms with Gasteiger partial charge in [0.2, 0.25) is 0 Å². The predicted octanol–water partition coefficient (Wildman–Crippen LogP) is 5.04. The van der Waals surface area contributed by atoms with Crippen molar-refractivity contribution in [3.05, 3.63) is 70.2 Å². The average molecular weight is 391 g/mol. The second kappa shape index (κ2) is 7.77. The number of anilines is 3. The van der Waals surface area contributed by atoms with E-state index in [2.05, 4.69) is 28.5 Å². The van der Waals surface area contributed by atoms with Gasteiger partial charge in [0.15, 0.2) is 5.13 Å². The van der Waals surface area contributed by atoms with Crippen LogP contribution in [0.15, 0.2) is 53.9 Å². The molecule has 2 N–H and O–H groups in total. The molecule has 5 nitrogen and oxygen atoms in total. The van der Waals surface area contributed by atoms with Crippen LogP contribution in [0.3, 0.4) is 0 Å². The molecule has 1 aromatic heterocycles. The molecule has 0 fully saturated rings. The fourth-order valence-corrected chi connectivity index (χ4v) is 3.17. The van der Waals surface area contributed by atoms with Crippen LogP contribution in [0.25, 0.3) is 0 Å². The predicted molar refractivity (Wildman–Crippen MR) is 108 cm³/mol. The lowest BCUT2D eigenvalue weighted by Crippen LogP contribution is -2.22. The monoisotopic (exact) mass is 390 g/mol. The number of halogens is 1. The zero-order valence-corrected chi connectivity index (χ0v) is 15.7. The molecule has 3 aromatic rings. The molecule has 8 heteroatoms. The number of nitrogens with one attached hydrogen (secondary N) is 2. The molecule has 25 heavy (non-hydrogen) atoms. The number of thiazole rings is 1. The van der Waals surface area contributed by atoms with E-state index in [0.29, 0.717) is 21.4 Å². The molecule has 1 heterocycles. The number of rotatable bonds is 5. The zero-order chi connectivity index (χ0) is 17.8. The minimum Gasteiger partial charge on any atom is -0.298 e. The number of aryl methyl sites for hydroxylation is 1. The molecule has 0 saturated heterocycles. The Balaban J connectivity index is 1.78. The summed E-state index contributed by atoms with van der Waals surface area (Å²) >= 11 is 11.7. The second-order valence-electron chi connectivity index (χ2n) is 5.19. The van der Waals surface area contributed by atoms with E-state index >= 15 is 0 Å². The number of carbonyl (C=O) groups is 1. The molecule has 0 aliphatic rings. The van der Waals surface area contributed by atoms with Gasteiger partial charge in [-0.2, -0.15) is 0 Å². The maximum absolute atomic E-state index is 12.6. The summed E-state index contributed by atoms with van der Waals surface area (Å²) in [4.78, 5) is 16.8. The Labute approximate surface area is 160 Å². The summed E-state index contributed by atoms with van der Waals surface area (Å²) in [5.74, 6) is -0.240. The first-order valence-corrected chi connectivity index (χ1v) is 9.02. The Kier molecular flexibility index (Phi) is 5.47. The van der Waals surface area contributed by atoms with Crippen LogP contribution in [0.4, 0.5) is 16.5 Å². The lowest BCUT2D eigenvalue weighted by molar-refractivity contribution is 0.102. The van der Waals surface area contributed by atoms with Gasteiger partial charge in [-0.3, -0.25) is 15.5 Å². The van der Waals surface area contributed by atoms with Crippen LogP contribution < -0.4 is 15.2 Å².